The van der Waals surface area contributed by atoms with Crippen LogP contribution in [0, 0.1) is 0 Å². The van der Waals surface area contributed by atoms with E-state index in [2.05, 4.69) is 563 Å². The van der Waals surface area contributed by atoms with Crippen molar-refractivity contribution in [2.75, 3.05) is 29.4 Å². The molecule has 0 saturated heterocycles. The number of hydrogen-bond donors (Lipinski definition) is 0. The van der Waals surface area contributed by atoms with Crippen molar-refractivity contribution in [3.63, 3.8) is 0 Å². The van der Waals surface area contributed by atoms with Gasteiger partial charge in [0.2, 0.25) is 0 Å². The van der Waals surface area contributed by atoms with Gasteiger partial charge < -0.3 is 34.1 Å². The number of hydrogen-bond acceptors (Lipinski definition) is 7. The van der Waals surface area contributed by atoms with E-state index in [1.807, 2.05) is 0 Å². The summed E-state index contributed by atoms with van der Waals surface area (Å²) in [4.78, 5) is 15.5. The zero-order chi connectivity index (χ0) is 93.5. The predicted molar refractivity (Wildman–Crippen MR) is 594 cm³/mol. The summed E-state index contributed by atoms with van der Waals surface area (Å²) in [6.45, 7) is -0.767. The van der Waals surface area contributed by atoms with E-state index in [1.54, 1.807) is 0 Å². The molecule has 22 aromatic carbocycles. The third-order valence-electron chi connectivity index (χ3n) is 30.0. The van der Waals surface area contributed by atoms with Gasteiger partial charge in [-0.2, -0.15) is 0 Å². The Kier molecular flexibility index (Phi) is 19.3. The summed E-state index contributed by atoms with van der Waals surface area (Å²) in [5.41, 5.74) is 44.5. The van der Waals surface area contributed by atoms with Crippen LogP contribution in [-0.2, 0) is 5.41 Å². The Balaban J connectivity index is 0.784. The number of rotatable bonds is 16. The number of ether oxygens (including phenoxy) is 1. The number of para-hydroxylation sites is 10. The van der Waals surface area contributed by atoms with Crippen molar-refractivity contribution in [3.05, 3.63) is 556 Å². The third-order valence-corrected chi connectivity index (χ3v) is 30.0. The van der Waals surface area contributed by atoms with Crippen LogP contribution in [0.25, 0.3) is 77.9 Å². The Morgan fingerprint density at radius 3 is 0.901 bits per heavy atom. The second kappa shape index (κ2) is 33.5. The Morgan fingerprint density at radius 1 is 0.183 bits per heavy atom. The van der Waals surface area contributed by atoms with Gasteiger partial charge in [0, 0.05) is 125 Å². The van der Waals surface area contributed by atoms with E-state index in [-0.39, 0.29) is 6.71 Å². The van der Waals surface area contributed by atoms with Crippen molar-refractivity contribution in [1.82, 2.24) is 0 Å². The highest BCUT2D eigenvalue weighted by Gasteiger charge is 2.56. The summed E-state index contributed by atoms with van der Waals surface area (Å²) in [7, 11) is 0. The van der Waals surface area contributed by atoms with E-state index in [0.29, 0.717) is 0 Å². The number of fused-ring (bicyclic) bond motifs is 17. The fraction of sp³-hybridized carbons (Fsp3) is 0.00752. The van der Waals surface area contributed by atoms with Crippen LogP contribution in [0.15, 0.2) is 534 Å². The first-order valence-corrected chi connectivity index (χ1v) is 49.1. The average molecular weight is 1810 g/mol. The van der Waals surface area contributed by atoms with E-state index in [0.717, 1.165) is 208 Å². The first kappa shape index (κ1) is 81.9. The Labute approximate surface area is 827 Å². The van der Waals surface area contributed by atoms with Gasteiger partial charge in [-0.15, -0.1) is 0 Å². The molecule has 9 heteroatoms. The molecular formula is C133H88B2N6O. The molecule has 1 spiro atoms. The number of benzene rings is 22. The monoisotopic (exact) mass is 1810 g/mol. The average Bonchev–Trinajstić information content (AvgIpc) is 1.47. The Morgan fingerprint density at radius 2 is 0.479 bits per heavy atom. The molecule has 142 heavy (non-hydrogen) atoms. The summed E-state index contributed by atoms with van der Waals surface area (Å²) in [6, 6.07) is 199. The largest absolute Gasteiger partial charge is 0.457 e. The van der Waals surface area contributed by atoms with Gasteiger partial charge in [0.15, 0.2) is 0 Å². The van der Waals surface area contributed by atoms with E-state index in [1.165, 1.54) is 38.6 Å². The van der Waals surface area contributed by atoms with E-state index < -0.39 is 12.1 Å². The summed E-state index contributed by atoms with van der Waals surface area (Å²) < 4.78 is 8.71. The normalized spacial score (nSPS) is 13.1. The van der Waals surface area contributed by atoms with Crippen molar-refractivity contribution >= 4 is 149 Å². The minimum atomic E-state index is -1.06. The lowest BCUT2D eigenvalue weighted by molar-refractivity contribution is 0.437. The molecule has 0 N–H and O–H groups in total. The maximum Gasteiger partial charge on any atom is 0.252 e. The van der Waals surface area contributed by atoms with Crippen LogP contribution in [0.5, 0.6) is 11.5 Å². The maximum absolute atomic E-state index is 8.71. The fourth-order valence-corrected chi connectivity index (χ4v) is 24.2. The van der Waals surface area contributed by atoms with Crippen molar-refractivity contribution < 1.29 is 4.74 Å². The molecule has 0 saturated carbocycles. The minimum absolute atomic E-state index is 0.359. The molecule has 22 aromatic rings. The van der Waals surface area contributed by atoms with E-state index in [4.69, 9.17) is 4.74 Å². The zero-order valence-electron chi connectivity index (χ0n) is 77.6. The van der Waals surface area contributed by atoms with Crippen LogP contribution in [-0.4, -0.2) is 13.4 Å². The van der Waals surface area contributed by atoms with Gasteiger partial charge in [0.25, 0.3) is 13.4 Å². The van der Waals surface area contributed by atoms with Crippen molar-refractivity contribution in [1.29, 1.82) is 0 Å². The lowest BCUT2D eigenvalue weighted by atomic mass is 9.33. The Bertz CT molecular complexity index is 8520. The summed E-state index contributed by atoms with van der Waals surface area (Å²) >= 11 is 0. The van der Waals surface area contributed by atoms with Crippen LogP contribution in [0.3, 0.4) is 0 Å². The highest BCUT2D eigenvalue weighted by Crippen LogP contribution is 2.66. The fourth-order valence-electron chi connectivity index (χ4n) is 24.2. The third kappa shape index (κ3) is 12.8. The summed E-state index contributed by atoms with van der Waals surface area (Å²) in [5, 5.41) is 0. The molecular weight excluding hydrogens is 1720 g/mol. The van der Waals surface area contributed by atoms with Gasteiger partial charge in [-0.3, -0.25) is 0 Å². The molecule has 0 fully saturated rings. The smallest absolute Gasteiger partial charge is 0.252 e. The van der Waals surface area contributed by atoms with Crippen LogP contribution >= 0.6 is 0 Å². The first-order chi connectivity index (χ1) is 70.5. The van der Waals surface area contributed by atoms with Crippen LogP contribution in [0.2, 0.25) is 0 Å². The van der Waals surface area contributed by atoms with Gasteiger partial charge in [-0.1, -0.05) is 425 Å². The van der Waals surface area contributed by atoms with Crippen molar-refractivity contribution in [2.45, 2.75) is 5.41 Å². The molecule has 0 radical (unpaired) electrons. The molecule has 5 aliphatic heterocycles. The topological polar surface area (TPSA) is 28.7 Å². The molecule has 0 atom stereocenters. The number of nitrogens with zero attached hydrogens (tertiary/aromatic N) is 6. The van der Waals surface area contributed by atoms with Gasteiger partial charge in [0.05, 0.1) is 39.5 Å². The molecule has 6 aliphatic rings. The molecule has 1 aliphatic carbocycles. The molecule has 0 unspecified atom stereocenters. The van der Waals surface area contributed by atoms with Gasteiger partial charge >= 0.3 is 0 Å². The van der Waals surface area contributed by atoms with Crippen LogP contribution in [0.1, 0.15) is 22.3 Å². The van der Waals surface area contributed by atoms with Gasteiger partial charge in [0.1, 0.15) is 11.5 Å². The quantitative estimate of drug-likeness (QED) is 0.0891. The molecule has 662 valence electrons. The van der Waals surface area contributed by atoms with E-state index in [9.17, 15) is 0 Å². The first-order valence-electron chi connectivity index (χ1n) is 49.1. The highest BCUT2D eigenvalue weighted by atomic mass is 16.5. The van der Waals surface area contributed by atoms with Crippen molar-refractivity contribution in [2.24, 2.45) is 0 Å². The van der Waals surface area contributed by atoms with Crippen molar-refractivity contribution in [3.8, 4) is 89.4 Å². The molecule has 28 rings (SSSR count). The highest BCUT2D eigenvalue weighted by molar-refractivity contribution is 7.01. The lowest BCUT2D eigenvalue weighted by Gasteiger charge is -2.48. The molecule has 0 amide bonds. The molecule has 0 aromatic heterocycles. The lowest BCUT2D eigenvalue weighted by Crippen LogP contribution is -2.62. The van der Waals surface area contributed by atoms with Gasteiger partial charge in [-0.25, -0.2) is 0 Å². The minimum Gasteiger partial charge on any atom is -0.457 e. The summed E-state index contributed by atoms with van der Waals surface area (Å²) in [6.07, 6.45) is 0. The standard InChI is InChI=1S/C133H88B2N6O/c1-11-45-89(46-12-1)101-65-33-39-77-117(101)137(97-61-27-9-28-62-97)100-83-124-130-126(84-100)141(132-105(93-53-19-5-20-54-93)71-44-72-106(132)94-55-21-6-22-56-94)122-88-128-112(86-116(122)135(130)114-76-38-42-80-120(114)139(124)118-78-40-34-66-102(118)90-47-13-2-14-48-90)133(109-73-35-31-67-107(109)108-68-32-36-74-110(108)133)111-85-115-121(87-127(111)142-128)140(131-103(91-49-15-3-16-50-91)69-43-70-104(131)92-51-17-4-18-52-92)125-82-99(136(95-57-23-7-24-58-95)96-59-25-8-26-60-96)81-123-129(125)134(115)113-75-37-41-79-119(113)138(123)98-63-29-10-30-64-98/h1-88H. The second-order valence-corrected chi connectivity index (χ2v) is 37.5. The molecule has 5 heterocycles. The van der Waals surface area contributed by atoms with Crippen LogP contribution in [0.4, 0.5) is 102 Å². The number of anilines is 18. The van der Waals surface area contributed by atoms with Gasteiger partial charge in [-0.05, 0) is 185 Å². The second-order valence-electron chi connectivity index (χ2n) is 37.5. The predicted octanol–water partition coefficient (Wildman–Crippen LogP) is 31.3. The Hall–Kier alpha value is -18.4. The molecule has 7 nitrogen and oxygen atoms in total. The maximum atomic E-state index is 8.71. The van der Waals surface area contributed by atoms with E-state index >= 15 is 0 Å². The molecule has 0 bridgehead atoms. The zero-order valence-corrected chi connectivity index (χ0v) is 77.6. The van der Waals surface area contributed by atoms with Crippen LogP contribution < -0.4 is 66.9 Å². The SMILES string of the molecule is c1ccc(-c2ccccc2N(c2ccccc2)c2cc3c4c(c2)N(c2c(-c5ccccc5)cccc2-c2ccccc2)c2cc5c(cc2B4c2ccccc2N3c2ccccc2-c2ccccc2)C2(c3cc4c(cc3O5)N(c3c(-c5ccccc5)cccc3-c3ccccc3)c3cc(N(c5ccccc5)c5ccccc5)cc5c3B4c3ccccc3N5c3ccccc3)c3ccccc3-c3ccccc32)cc1. The summed E-state index contributed by atoms with van der Waals surface area (Å²) in [5.74, 6) is 1.50.